The Bertz CT molecular complexity index is 440. The summed E-state index contributed by atoms with van der Waals surface area (Å²) in [5.74, 6) is 3.23. The van der Waals surface area contributed by atoms with E-state index in [1.165, 1.54) is 31.2 Å². The molecular weight excluding hydrogens is 220 g/mol. The van der Waals surface area contributed by atoms with Crippen molar-refractivity contribution in [1.82, 2.24) is 0 Å². The molecule has 0 radical (unpaired) electrons. The van der Waals surface area contributed by atoms with E-state index in [0.29, 0.717) is 5.92 Å². The van der Waals surface area contributed by atoms with Crippen molar-refractivity contribution in [2.45, 2.75) is 44.1 Å². The van der Waals surface area contributed by atoms with Crippen LogP contribution in [0.15, 0.2) is 30.3 Å². The van der Waals surface area contributed by atoms with Crippen LogP contribution in [0.3, 0.4) is 0 Å². The topological polar surface area (TPSA) is 20.2 Å². The van der Waals surface area contributed by atoms with Crippen LogP contribution < -0.4 is 0 Å². The Morgan fingerprint density at radius 2 is 1.89 bits per heavy atom. The molecule has 1 heteroatoms. The van der Waals surface area contributed by atoms with Crippen molar-refractivity contribution in [2.24, 2.45) is 23.7 Å². The molecule has 3 saturated carbocycles. The molecule has 3 fully saturated rings. The van der Waals surface area contributed by atoms with Crippen molar-refractivity contribution in [3.05, 3.63) is 35.9 Å². The molecular formula is C17H22O. The summed E-state index contributed by atoms with van der Waals surface area (Å²) in [7, 11) is 0. The molecule has 5 unspecified atom stereocenters. The van der Waals surface area contributed by atoms with E-state index in [1.807, 2.05) is 0 Å². The Balaban J connectivity index is 1.58. The van der Waals surface area contributed by atoms with Crippen LogP contribution in [0.25, 0.3) is 0 Å². The Kier molecular flexibility index (Phi) is 2.35. The van der Waals surface area contributed by atoms with Crippen LogP contribution in [0.2, 0.25) is 0 Å². The summed E-state index contributed by atoms with van der Waals surface area (Å²) in [6.07, 6.45) is 7.46. The van der Waals surface area contributed by atoms with E-state index < -0.39 is 5.60 Å². The van der Waals surface area contributed by atoms with Crippen molar-refractivity contribution in [2.75, 3.05) is 0 Å². The fourth-order valence-electron chi connectivity index (χ4n) is 5.39. The van der Waals surface area contributed by atoms with E-state index in [0.717, 1.165) is 30.6 Å². The fraction of sp³-hybridized carbons (Fsp3) is 0.647. The fourth-order valence-corrected chi connectivity index (χ4v) is 5.39. The lowest BCUT2D eigenvalue weighted by Crippen LogP contribution is -2.43. The second kappa shape index (κ2) is 3.84. The van der Waals surface area contributed by atoms with Gasteiger partial charge in [-0.25, -0.2) is 0 Å². The highest BCUT2D eigenvalue weighted by Crippen LogP contribution is 2.62. The molecule has 3 aliphatic rings. The Morgan fingerprint density at radius 1 is 1.11 bits per heavy atom. The molecule has 1 N–H and O–H groups in total. The average molecular weight is 242 g/mol. The van der Waals surface area contributed by atoms with Gasteiger partial charge in [0.05, 0.1) is 5.60 Å². The van der Waals surface area contributed by atoms with Crippen molar-refractivity contribution >= 4 is 0 Å². The van der Waals surface area contributed by atoms with E-state index in [-0.39, 0.29) is 0 Å². The number of aliphatic hydroxyl groups is 1. The highest BCUT2D eigenvalue weighted by Gasteiger charge is 2.59. The normalized spacial score (nSPS) is 45.4. The lowest BCUT2D eigenvalue weighted by atomic mass is 9.71. The first-order valence-electron chi connectivity index (χ1n) is 7.52. The lowest BCUT2D eigenvalue weighted by Gasteiger charge is -2.39. The molecule has 96 valence electrons. The number of hydrogen-bond acceptors (Lipinski definition) is 1. The van der Waals surface area contributed by atoms with Gasteiger partial charge in [-0.15, -0.1) is 0 Å². The molecule has 0 heterocycles. The minimum absolute atomic E-state index is 0.391. The van der Waals surface area contributed by atoms with Gasteiger partial charge in [-0.3, -0.25) is 0 Å². The Morgan fingerprint density at radius 3 is 2.72 bits per heavy atom. The first kappa shape index (κ1) is 11.0. The SMILES string of the molecule is OC1(Cc2ccccc2)CC2CC1C1CCCC21. The molecule has 0 aromatic heterocycles. The van der Waals surface area contributed by atoms with Crippen LogP contribution in [0.4, 0.5) is 0 Å². The maximum Gasteiger partial charge on any atom is 0.0721 e. The number of benzene rings is 1. The standard InChI is InChI=1S/C17H22O/c18-17(10-12-5-2-1-3-6-12)11-13-9-16(17)15-8-4-7-14(13)15/h1-3,5-6,13-16,18H,4,7-11H2. The highest BCUT2D eigenvalue weighted by atomic mass is 16.3. The lowest BCUT2D eigenvalue weighted by molar-refractivity contribution is -0.0450. The first-order chi connectivity index (χ1) is 8.76. The molecule has 0 spiro atoms. The second-order valence-electron chi connectivity index (χ2n) is 6.83. The molecule has 1 aromatic carbocycles. The summed E-state index contributed by atoms with van der Waals surface area (Å²) < 4.78 is 0. The summed E-state index contributed by atoms with van der Waals surface area (Å²) >= 11 is 0. The maximum absolute atomic E-state index is 11.1. The molecule has 4 rings (SSSR count). The maximum atomic E-state index is 11.1. The zero-order valence-electron chi connectivity index (χ0n) is 10.9. The largest absolute Gasteiger partial charge is 0.389 e. The summed E-state index contributed by atoms with van der Waals surface area (Å²) in [5.41, 5.74) is 0.916. The van der Waals surface area contributed by atoms with Crippen LogP contribution in [-0.2, 0) is 6.42 Å². The molecule has 0 aliphatic heterocycles. The van der Waals surface area contributed by atoms with Gasteiger partial charge in [-0.2, -0.15) is 0 Å². The molecule has 1 nitrogen and oxygen atoms in total. The van der Waals surface area contributed by atoms with E-state index in [1.54, 1.807) is 0 Å². The van der Waals surface area contributed by atoms with Crippen LogP contribution in [0, 0.1) is 23.7 Å². The van der Waals surface area contributed by atoms with Gasteiger partial charge in [0.1, 0.15) is 0 Å². The zero-order valence-corrected chi connectivity index (χ0v) is 10.9. The smallest absolute Gasteiger partial charge is 0.0721 e. The van der Waals surface area contributed by atoms with Gasteiger partial charge in [0, 0.05) is 6.42 Å². The molecule has 1 aromatic rings. The highest BCUT2D eigenvalue weighted by molar-refractivity contribution is 5.21. The van der Waals surface area contributed by atoms with Crippen LogP contribution >= 0.6 is 0 Å². The van der Waals surface area contributed by atoms with Gasteiger partial charge >= 0.3 is 0 Å². The molecule has 3 aliphatic carbocycles. The minimum atomic E-state index is -0.391. The van der Waals surface area contributed by atoms with E-state index >= 15 is 0 Å². The Hall–Kier alpha value is -0.820. The van der Waals surface area contributed by atoms with Gasteiger partial charge in [0.25, 0.3) is 0 Å². The van der Waals surface area contributed by atoms with Crippen molar-refractivity contribution in [1.29, 1.82) is 0 Å². The van der Waals surface area contributed by atoms with Crippen LogP contribution in [0.5, 0.6) is 0 Å². The van der Waals surface area contributed by atoms with E-state index in [4.69, 9.17) is 0 Å². The third-order valence-electron chi connectivity index (χ3n) is 5.96. The molecule has 0 saturated heterocycles. The quantitative estimate of drug-likeness (QED) is 0.842. The van der Waals surface area contributed by atoms with Gasteiger partial charge in [-0.1, -0.05) is 36.8 Å². The summed E-state index contributed by atoms with van der Waals surface area (Å²) in [6, 6.07) is 10.6. The summed E-state index contributed by atoms with van der Waals surface area (Å²) in [4.78, 5) is 0. The Labute approximate surface area is 109 Å². The minimum Gasteiger partial charge on any atom is -0.389 e. The molecule has 5 atom stereocenters. The predicted octanol–water partition coefficient (Wildman–Crippen LogP) is 3.42. The molecule has 18 heavy (non-hydrogen) atoms. The monoisotopic (exact) mass is 242 g/mol. The van der Waals surface area contributed by atoms with E-state index in [9.17, 15) is 5.11 Å². The van der Waals surface area contributed by atoms with E-state index in [2.05, 4.69) is 30.3 Å². The van der Waals surface area contributed by atoms with Gasteiger partial charge in [-0.05, 0) is 54.9 Å². The molecule has 0 amide bonds. The number of rotatable bonds is 2. The first-order valence-corrected chi connectivity index (χ1v) is 7.52. The van der Waals surface area contributed by atoms with Crippen molar-refractivity contribution in [3.63, 3.8) is 0 Å². The van der Waals surface area contributed by atoms with Gasteiger partial charge in [0.15, 0.2) is 0 Å². The summed E-state index contributed by atoms with van der Waals surface area (Å²) in [6.45, 7) is 0. The van der Waals surface area contributed by atoms with Gasteiger partial charge < -0.3 is 5.11 Å². The third-order valence-corrected chi connectivity index (χ3v) is 5.96. The third kappa shape index (κ3) is 1.50. The average Bonchev–Trinajstić information content (AvgIpc) is 3.00. The number of fused-ring (bicyclic) bond motifs is 5. The second-order valence-corrected chi connectivity index (χ2v) is 6.83. The van der Waals surface area contributed by atoms with Gasteiger partial charge in [0.2, 0.25) is 0 Å². The van der Waals surface area contributed by atoms with Crippen molar-refractivity contribution in [3.8, 4) is 0 Å². The number of hydrogen-bond donors (Lipinski definition) is 1. The zero-order chi connectivity index (χ0) is 12.2. The predicted molar refractivity (Wildman–Crippen MR) is 72.1 cm³/mol. The summed E-state index contributed by atoms with van der Waals surface area (Å²) in [5, 5.41) is 11.1. The van der Waals surface area contributed by atoms with Crippen LogP contribution in [-0.4, -0.2) is 10.7 Å². The van der Waals surface area contributed by atoms with Crippen LogP contribution in [0.1, 0.15) is 37.7 Å². The molecule has 2 bridgehead atoms. The van der Waals surface area contributed by atoms with Crippen molar-refractivity contribution < 1.29 is 5.11 Å².